The minimum Gasteiger partial charge on any atom is -0.479 e. The highest BCUT2D eigenvalue weighted by Gasteiger charge is 2.21. The minimum atomic E-state index is -0.737. The van der Waals surface area contributed by atoms with Gasteiger partial charge >= 0.3 is 5.69 Å². The average molecular weight is 369 g/mol. The number of halogens is 3. The van der Waals surface area contributed by atoms with Crippen LogP contribution in [0.1, 0.15) is 5.69 Å². The summed E-state index contributed by atoms with van der Waals surface area (Å²) in [6, 6.07) is 1.85. The molecule has 0 spiro atoms. The van der Waals surface area contributed by atoms with Gasteiger partial charge < -0.3 is 4.74 Å². The molecule has 1 aromatic heterocycles. The second kappa shape index (κ2) is 5.76. The van der Waals surface area contributed by atoms with Crippen molar-refractivity contribution >= 4 is 44.8 Å². The van der Waals surface area contributed by atoms with Crippen LogP contribution in [0, 0.1) is 15.9 Å². The molecule has 0 unspecified atom stereocenters. The second-order valence-electron chi connectivity index (χ2n) is 3.27. The molecule has 0 saturated carbocycles. The van der Waals surface area contributed by atoms with Crippen molar-refractivity contribution in [2.75, 3.05) is 0 Å². The number of rotatable bonds is 4. The zero-order chi connectivity index (χ0) is 14.0. The van der Waals surface area contributed by atoms with Gasteiger partial charge in [-0.3, -0.25) is 10.1 Å². The quantitative estimate of drug-likeness (QED) is 0.609. The molecule has 1 heterocycles. The Labute approximate surface area is 123 Å². The Kier molecular flexibility index (Phi) is 4.27. The number of nitro benzene ring substituents is 1. The number of ether oxygens (including phenoxy) is 1. The van der Waals surface area contributed by atoms with E-state index in [1.165, 1.54) is 0 Å². The molecule has 0 radical (unpaired) electrons. The third-order valence-corrected chi connectivity index (χ3v) is 3.62. The van der Waals surface area contributed by atoms with Crippen LogP contribution in [-0.4, -0.2) is 14.5 Å². The van der Waals surface area contributed by atoms with Crippen molar-refractivity contribution in [3.63, 3.8) is 0 Å². The summed E-state index contributed by atoms with van der Waals surface area (Å²) in [5.41, 5.74) is -0.122. The molecule has 1 aromatic carbocycles. The first-order valence-corrected chi connectivity index (χ1v) is 6.66. The van der Waals surface area contributed by atoms with Gasteiger partial charge in [-0.25, -0.2) is 4.39 Å². The van der Waals surface area contributed by atoms with Gasteiger partial charge in [-0.2, -0.15) is 0 Å². The molecule has 0 saturated heterocycles. The highest BCUT2D eigenvalue weighted by molar-refractivity contribution is 9.10. The van der Waals surface area contributed by atoms with Gasteiger partial charge in [0.05, 0.1) is 15.5 Å². The van der Waals surface area contributed by atoms with Crippen LogP contribution in [-0.2, 0) is 6.61 Å². The molecule has 0 aliphatic rings. The Hall–Kier alpha value is -1.32. The second-order valence-corrected chi connectivity index (χ2v) is 5.49. The summed E-state index contributed by atoms with van der Waals surface area (Å²) in [5.74, 6) is -0.824. The first-order valence-electron chi connectivity index (χ1n) is 4.72. The molecule has 0 aliphatic carbocycles. The van der Waals surface area contributed by atoms with Crippen LogP contribution in [0.2, 0.25) is 4.34 Å². The number of nitro groups is 1. The van der Waals surface area contributed by atoms with Crippen molar-refractivity contribution in [2.24, 2.45) is 0 Å². The van der Waals surface area contributed by atoms with Crippen molar-refractivity contribution < 1.29 is 14.1 Å². The molecular weight excluding hydrogens is 365 g/mol. The molecule has 19 heavy (non-hydrogen) atoms. The average Bonchev–Trinajstić information content (AvgIpc) is 2.73. The fraction of sp³-hybridized carbons (Fsp3) is 0.111. The molecule has 0 amide bonds. The van der Waals surface area contributed by atoms with Crippen molar-refractivity contribution in [3.05, 3.63) is 42.6 Å². The Balaban J connectivity index is 2.29. The lowest BCUT2D eigenvalue weighted by molar-refractivity contribution is -0.386. The lowest BCUT2D eigenvalue weighted by Gasteiger charge is -2.07. The third-order valence-electron chi connectivity index (χ3n) is 2.05. The van der Waals surface area contributed by atoms with E-state index < -0.39 is 16.4 Å². The van der Waals surface area contributed by atoms with Gasteiger partial charge in [-0.1, -0.05) is 16.1 Å². The van der Waals surface area contributed by atoms with Gasteiger partial charge in [-0.15, -0.1) is 5.10 Å². The van der Waals surface area contributed by atoms with Crippen LogP contribution < -0.4 is 4.74 Å². The van der Waals surface area contributed by atoms with E-state index in [-0.39, 0.29) is 16.8 Å². The van der Waals surface area contributed by atoms with Crippen LogP contribution in [0.15, 0.2) is 16.6 Å². The van der Waals surface area contributed by atoms with E-state index in [0.29, 0.717) is 10.0 Å². The van der Waals surface area contributed by atoms with Gasteiger partial charge in [0, 0.05) is 11.5 Å². The molecule has 0 aliphatic heterocycles. The predicted octanol–water partition coefficient (Wildman–Crippen LogP) is 3.58. The monoisotopic (exact) mass is 367 g/mol. The molecule has 2 aromatic rings. The Bertz CT molecular complexity index is 639. The van der Waals surface area contributed by atoms with E-state index in [2.05, 4.69) is 25.5 Å². The molecule has 6 nitrogen and oxygen atoms in total. The highest BCUT2D eigenvalue weighted by Crippen LogP contribution is 2.36. The van der Waals surface area contributed by atoms with Gasteiger partial charge in [0.1, 0.15) is 22.5 Å². The zero-order valence-electron chi connectivity index (χ0n) is 8.97. The minimum absolute atomic E-state index is 0.0875. The van der Waals surface area contributed by atoms with Crippen LogP contribution in [0.4, 0.5) is 10.1 Å². The van der Waals surface area contributed by atoms with E-state index in [1.54, 1.807) is 0 Å². The fourth-order valence-electron chi connectivity index (χ4n) is 1.25. The largest absolute Gasteiger partial charge is 0.479 e. The Morgan fingerprint density at radius 3 is 2.89 bits per heavy atom. The van der Waals surface area contributed by atoms with Gasteiger partial charge in [0.2, 0.25) is 5.75 Å². The van der Waals surface area contributed by atoms with Gasteiger partial charge in [0.15, 0.2) is 0 Å². The summed E-state index contributed by atoms with van der Waals surface area (Å²) >= 11 is 9.77. The maximum absolute atomic E-state index is 13.1. The molecule has 100 valence electrons. The summed E-state index contributed by atoms with van der Waals surface area (Å²) in [6.45, 7) is -0.0968. The third kappa shape index (κ3) is 3.17. The Morgan fingerprint density at radius 1 is 1.58 bits per heavy atom. The summed E-state index contributed by atoms with van der Waals surface area (Å²) in [6.07, 6.45) is 0. The van der Waals surface area contributed by atoms with Crippen molar-refractivity contribution in [1.82, 2.24) is 9.59 Å². The SMILES string of the molecule is O=[N+]([O-])c1cc(F)cc(Br)c1OCc1nnsc1Cl. The maximum atomic E-state index is 13.1. The van der Waals surface area contributed by atoms with E-state index in [0.717, 1.165) is 23.7 Å². The maximum Gasteiger partial charge on any atom is 0.315 e. The number of hydrogen-bond donors (Lipinski definition) is 0. The van der Waals surface area contributed by atoms with Gasteiger partial charge in [0.25, 0.3) is 0 Å². The lowest BCUT2D eigenvalue weighted by Crippen LogP contribution is -2.01. The fourth-order valence-corrected chi connectivity index (χ4v) is 2.39. The molecule has 0 fully saturated rings. The van der Waals surface area contributed by atoms with Crippen LogP contribution >= 0.6 is 39.1 Å². The predicted molar refractivity (Wildman–Crippen MR) is 70.0 cm³/mol. The summed E-state index contributed by atoms with van der Waals surface area (Å²) in [4.78, 5) is 10.1. The van der Waals surface area contributed by atoms with E-state index in [1.807, 2.05) is 0 Å². The Morgan fingerprint density at radius 2 is 2.32 bits per heavy atom. The topological polar surface area (TPSA) is 78.2 Å². The van der Waals surface area contributed by atoms with Crippen molar-refractivity contribution in [3.8, 4) is 5.75 Å². The lowest BCUT2D eigenvalue weighted by atomic mass is 10.3. The van der Waals surface area contributed by atoms with Gasteiger partial charge in [-0.05, 0) is 22.0 Å². The summed E-state index contributed by atoms with van der Waals surface area (Å²) in [7, 11) is 0. The molecular formula is C9H4BrClFN3O3S. The molecule has 0 atom stereocenters. The molecule has 0 N–H and O–H groups in total. The first-order chi connectivity index (χ1) is 8.99. The number of benzene rings is 1. The summed E-state index contributed by atoms with van der Waals surface area (Å²) in [5, 5.41) is 14.5. The van der Waals surface area contributed by atoms with Crippen molar-refractivity contribution in [1.29, 1.82) is 0 Å². The van der Waals surface area contributed by atoms with Crippen molar-refractivity contribution in [2.45, 2.75) is 6.61 Å². The van der Waals surface area contributed by atoms with E-state index >= 15 is 0 Å². The number of aromatic nitrogens is 2. The molecule has 10 heteroatoms. The normalized spacial score (nSPS) is 10.5. The number of hydrogen-bond acceptors (Lipinski definition) is 6. The van der Waals surface area contributed by atoms with Crippen LogP contribution in [0.25, 0.3) is 0 Å². The standard InChI is InChI=1S/C9H4BrClFN3O3S/c10-5-1-4(12)2-7(15(16)17)8(5)18-3-6-9(11)19-14-13-6/h1-2H,3H2. The number of nitrogens with zero attached hydrogens (tertiary/aromatic N) is 3. The molecule has 0 bridgehead atoms. The zero-order valence-corrected chi connectivity index (χ0v) is 12.1. The highest BCUT2D eigenvalue weighted by atomic mass is 79.9. The summed E-state index contributed by atoms with van der Waals surface area (Å²) < 4.78 is 22.5. The smallest absolute Gasteiger partial charge is 0.315 e. The van der Waals surface area contributed by atoms with E-state index in [9.17, 15) is 14.5 Å². The van der Waals surface area contributed by atoms with E-state index in [4.69, 9.17) is 16.3 Å². The van der Waals surface area contributed by atoms with Crippen LogP contribution in [0.5, 0.6) is 5.75 Å². The van der Waals surface area contributed by atoms with Crippen LogP contribution in [0.3, 0.4) is 0 Å². The first kappa shape index (κ1) is 14.1. The molecule has 2 rings (SSSR count).